The highest BCUT2D eigenvalue weighted by atomic mass is 16.6. The zero-order valence-electron chi connectivity index (χ0n) is 44.0. The molecule has 1 aliphatic carbocycles. The molecule has 0 radical (unpaired) electrons. The number of Topliss-reactive ketones (excluding diaryl/α,β-unsaturated/α-hetero) is 3. The smallest absolute Gasteiger partial charge is 0.329 e. The number of carbonyl (C=O) groups excluding carboxylic acids is 5. The van der Waals surface area contributed by atoms with Crippen molar-refractivity contribution in [3.05, 3.63) is 77.9 Å². The number of para-hydroxylation sites is 1. The molecule has 4 aliphatic rings. The number of ether oxygens (including phenoxy) is 6. The highest BCUT2D eigenvalue weighted by Gasteiger charge is 2.53. The third-order valence-electron chi connectivity index (χ3n) is 15.5. The van der Waals surface area contributed by atoms with Crippen LogP contribution in [0.4, 0.5) is 0 Å². The first-order valence-electron chi connectivity index (χ1n) is 26.0. The summed E-state index contributed by atoms with van der Waals surface area (Å²) >= 11 is 0. The van der Waals surface area contributed by atoms with Crippen molar-refractivity contribution >= 4 is 29.2 Å². The summed E-state index contributed by atoms with van der Waals surface area (Å²) in [5.41, 5.74) is 1.28. The van der Waals surface area contributed by atoms with Crippen LogP contribution >= 0.6 is 0 Å². The molecule has 5 rings (SSSR count). The fourth-order valence-corrected chi connectivity index (χ4v) is 10.9. The van der Waals surface area contributed by atoms with Gasteiger partial charge < -0.3 is 43.5 Å². The molecule has 1 saturated carbocycles. The Morgan fingerprint density at radius 1 is 0.817 bits per heavy atom. The summed E-state index contributed by atoms with van der Waals surface area (Å²) < 4.78 is 36.3. The quantitative estimate of drug-likeness (QED) is 0.144. The van der Waals surface area contributed by atoms with E-state index in [9.17, 15) is 34.2 Å². The number of rotatable bonds is 8. The molecule has 2 saturated heterocycles. The lowest BCUT2D eigenvalue weighted by Crippen LogP contribution is -2.61. The Bertz CT molecular complexity index is 2070. The van der Waals surface area contributed by atoms with Crippen LogP contribution in [0.3, 0.4) is 0 Å². The number of allylic oxidation sites excluding steroid dienone is 6. The Morgan fingerprint density at radius 2 is 1.55 bits per heavy atom. The Morgan fingerprint density at radius 3 is 2.24 bits per heavy atom. The average molecular weight is 990 g/mol. The summed E-state index contributed by atoms with van der Waals surface area (Å²) in [7, 11) is 4.65. The maximum absolute atomic E-state index is 14.6. The van der Waals surface area contributed by atoms with E-state index < -0.39 is 77.8 Å². The van der Waals surface area contributed by atoms with Crippen LogP contribution in [0.1, 0.15) is 126 Å². The molecule has 3 aliphatic heterocycles. The van der Waals surface area contributed by atoms with Crippen molar-refractivity contribution < 1.29 is 62.6 Å². The summed E-state index contributed by atoms with van der Waals surface area (Å²) in [6, 6.07) is 8.49. The number of amides is 1. The van der Waals surface area contributed by atoms with Gasteiger partial charge in [0, 0.05) is 58.5 Å². The highest BCUT2D eigenvalue weighted by Crippen LogP contribution is 2.38. The van der Waals surface area contributed by atoms with Gasteiger partial charge in [-0.3, -0.25) is 19.2 Å². The van der Waals surface area contributed by atoms with E-state index in [-0.39, 0.29) is 60.9 Å². The monoisotopic (exact) mass is 990 g/mol. The molecule has 1 aromatic rings. The van der Waals surface area contributed by atoms with Crippen molar-refractivity contribution in [2.45, 2.75) is 180 Å². The highest BCUT2D eigenvalue weighted by molar-refractivity contribution is 6.39. The summed E-state index contributed by atoms with van der Waals surface area (Å²) in [6.07, 6.45) is 12.3. The van der Waals surface area contributed by atoms with Gasteiger partial charge in [0.2, 0.25) is 5.79 Å². The number of fused-ring (bicyclic) bond motifs is 3. The van der Waals surface area contributed by atoms with Crippen molar-refractivity contribution in [1.82, 2.24) is 4.90 Å². The number of carbonyl (C=O) groups is 5. The SMILES string of the molecule is CO[C@H]1C[C@@H]2CC[C@@H](C)[C@@](O)(O2)C(=O)C(=O)N2CCCC[C@H]2C(=O)O[C@H]([C@H](C)C[C@@H]2CC[C@@H](Oc3ccccc3)[C@H](OC)C2)CC(=O)[C@H](C)/C=C(\C)[C@@H](O)[C@@H](OC)C(=O)[C@H](C)C[C@H](C)\C=C/C=C/C=C/1C. The number of benzene rings is 1. The third kappa shape index (κ3) is 15.4. The van der Waals surface area contributed by atoms with Gasteiger partial charge in [-0.05, 0) is 119 Å². The number of cyclic esters (lactones) is 1. The minimum atomic E-state index is -2.43. The van der Waals surface area contributed by atoms with Crippen LogP contribution in [0.15, 0.2) is 77.9 Å². The van der Waals surface area contributed by atoms with Gasteiger partial charge >= 0.3 is 5.97 Å². The summed E-state index contributed by atoms with van der Waals surface area (Å²) in [5.74, 6) is -7.10. The zero-order valence-corrected chi connectivity index (χ0v) is 44.0. The maximum atomic E-state index is 14.6. The van der Waals surface area contributed by atoms with Gasteiger partial charge in [0.1, 0.15) is 42.0 Å². The number of esters is 1. The fraction of sp³-hybridized carbons (Fsp3) is 0.667. The number of aliphatic hydroxyl groups excluding tert-OH is 1. The van der Waals surface area contributed by atoms with Crippen LogP contribution in [0, 0.1) is 35.5 Å². The number of nitrogens with zero attached hydrogens (tertiary/aromatic N) is 1. The summed E-state index contributed by atoms with van der Waals surface area (Å²) in [6.45, 7) is 12.9. The van der Waals surface area contributed by atoms with Crippen molar-refractivity contribution in [3.63, 3.8) is 0 Å². The van der Waals surface area contributed by atoms with Crippen molar-refractivity contribution in [3.8, 4) is 5.75 Å². The van der Waals surface area contributed by atoms with Crippen LogP contribution in [-0.2, 0) is 47.7 Å². The molecule has 1 amide bonds. The van der Waals surface area contributed by atoms with E-state index >= 15 is 0 Å². The molecule has 71 heavy (non-hydrogen) atoms. The van der Waals surface area contributed by atoms with Crippen molar-refractivity contribution in [1.29, 1.82) is 0 Å². The largest absolute Gasteiger partial charge is 0.488 e. The van der Waals surface area contributed by atoms with Crippen LogP contribution in [0.25, 0.3) is 0 Å². The first-order valence-corrected chi connectivity index (χ1v) is 26.0. The van der Waals surface area contributed by atoms with Crippen molar-refractivity contribution in [2.24, 2.45) is 35.5 Å². The second-order valence-electron chi connectivity index (χ2n) is 21.0. The van der Waals surface area contributed by atoms with Gasteiger partial charge in [-0.15, -0.1) is 0 Å². The molecule has 2 N–H and O–H groups in total. The van der Waals surface area contributed by atoms with E-state index in [1.165, 1.54) is 12.0 Å². The molecule has 1 aromatic carbocycles. The lowest BCUT2D eigenvalue weighted by atomic mass is 9.78. The topological polar surface area (TPSA) is 184 Å². The Labute approximate surface area is 422 Å². The Balaban J connectivity index is 1.45. The molecule has 0 aromatic heterocycles. The van der Waals surface area contributed by atoms with Gasteiger partial charge in [0.25, 0.3) is 11.7 Å². The van der Waals surface area contributed by atoms with Crippen LogP contribution < -0.4 is 4.74 Å². The standard InChI is InChI=1S/C57H83NO13/c1-35-19-13-11-14-20-36(2)48(66-8)33-44-26-24-41(7)57(65,71-44)54(62)55(63)58-28-18-17-23-45(58)56(64)70-49(34-46(59)37(3)30-40(6)52(61)53(68-10)51(60)39(5)29-35)38(4)31-42-25-27-47(50(32-42)67-9)69-43-21-15-12-16-22-43/h11-16,19-22,30,35,37-39,41-42,44-45,47-50,52-53,61,65H,17-18,23-29,31-34H2,1-10H3/b14-11+,19-13-,36-20+,40-30+/t35-,37-,38-,39-,41-,42+,44+,45+,47-,48+,49+,50-,52-,53+,57-/m1/s1. The second kappa shape index (κ2) is 27.1. The second-order valence-corrected chi connectivity index (χ2v) is 21.0. The van der Waals surface area contributed by atoms with Crippen LogP contribution in [-0.4, -0.2) is 127 Å². The van der Waals surface area contributed by atoms with E-state index in [1.807, 2.05) is 88.4 Å². The lowest BCUT2D eigenvalue weighted by Gasteiger charge is -2.42. The predicted octanol–water partition coefficient (Wildman–Crippen LogP) is 8.27. The number of ketones is 3. The first kappa shape index (κ1) is 57.6. The first-order chi connectivity index (χ1) is 33.8. The molecule has 15 atom stereocenters. The van der Waals surface area contributed by atoms with Crippen LogP contribution in [0.2, 0.25) is 0 Å². The molecular weight excluding hydrogens is 907 g/mol. The molecule has 0 spiro atoms. The Hall–Kier alpha value is -4.31. The minimum Gasteiger partial charge on any atom is -0.488 e. The fourth-order valence-electron chi connectivity index (χ4n) is 10.9. The van der Waals surface area contributed by atoms with Gasteiger partial charge in [-0.1, -0.05) is 89.3 Å². The number of methoxy groups -OCH3 is 3. The molecule has 14 heteroatoms. The molecular formula is C57H83NO13. The molecule has 0 unspecified atom stereocenters. The van der Waals surface area contributed by atoms with E-state index in [0.717, 1.165) is 24.2 Å². The van der Waals surface area contributed by atoms with Gasteiger partial charge in [0.05, 0.1) is 18.3 Å². The third-order valence-corrected chi connectivity index (χ3v) is 15.5. The molecule has 3 heterocycles. The normalized spacial score (nSPS) is 37.9. The predicted molar refractivity (Wildman–Crippen MR) is 270 cm³/mol. The number of hydrogen-bond donors (Lipinski definition) is 2. The number of hydrogen-bond acceptors (Lipinski definition) is 13. The summed E-state index contributed by atoms with van der Waals surface area (Å²) in [4.78, 5) is 72.5. The van der Waals surface area contributed by atoms with Gasteiger partial charge in [0.15, 0.2) is 5.78 Å². The molecule has 2 bridgehead atoms. The van der Waals surface area contributed by atoms with E-state index in [2.05, 4.69) is 0 Å². The lowest BCUT2D eigenvalue weighted by molar-refractivity contribution is -0.265. The zero-order chi connectivity index (χ0) is 52.0. The summed E-state index contributed by atoms with van der Waals surface area (Å²) in [5, 5.41) is 23.5. The minimum absolute atomic E-state index is 0.0184. The van der Waals surface area contributed by atoms with Crippen LogP contribution in [0.5, 0.6) is 5.75 Å². The van der Waals surface area contributed by atoms with Crippen molar-refractivity contribution in [2.75, 3.05) is 27.9 Å². The molecule has 14 nitrogen and oxygen atoms in total. The van der Waals surface area contributed by atoms with E-state index in [0.29, 0.717) is 56.9 Å². The number of aliphatic hydroxyl groups is 2. The van der Waals surface area contributed by atoms with E-state index in [1.54, 1.807) is 41.1 Å². The molecule has 3 fully saturated rings. The Kier molecular flexibility index (Phi) is 22.0. The number of piperidine rings is 1. The van der Waals surface area contributed by atoms with Gasteiger partial charge in [-0.2, -0.15) is 0 Å². The van der Waals surface area contributed by atoms with Gasteiger partial charge in [-0.25, -0.2) is 4.79 Å². The van der Waals surface area contributed by atoms with E-state index in [4.69, 9.17) is 28.4 Å². The molecule has 394 valence electrons. The maximum Gasteiger partial charge on any atom is 0.329 e. The average Bonchev–Trinajstić information content (AvgIpc) is 3.36.